The number of hydrogen-bond acceptors (Lipinski definition) is 6. The van der Waals surface area contributed by atoms with Crippen molar-refractivity contribution in [3.8, 4) is 23.0 Å². The molecule has 2 unspecified atom stereocenters. The molecule has 0 radical (unpaired) electrons. The molecule has 7 aromatic carbocycles. The van der Waals surface area contributed by atoms with Crippen LogP contribution in [0.1, 0.15) is 147 Å². The lowest BCUT2D eigenvalue weighted by Crippen LogP contribution is -2.46. The summed E-state index contributed by atoms with van der Waals surface area (Å²) >= 11 is 0. The van der Waals surface area contributed by atoms with Gasteiger partial charge in [-0.1, -0.05) is 105 Å². The Balaban J connectivity index is 1.40. The highest BCUT2D eigenvalue weighted by molar-refractivity contribution is 6.43. The van der Waals surface area contributed by atoms with E-state index in [0.717, 1.165) is 24.0 Å². The Bertz CT molecular complexity index is 2800. The number of nitrogens with zero attached hydrogens (tertiary/aromatic N) is 2. The summed E-state index contributed by atoms with van der Waals surface area (Å²) in [5.41, 5.74) is 3.76. The number of hydrogen-bond donors (Lipinski definition) is 0. The molecule has 0 spiro atoms. The van der Waals surface area contributed by atoms with E-state index in [1.54, 1.807) is 12.1 Å². The molecule has 7 aromatic rings. The first-order chi connectivity index (χ1) is 29.4. The van der Waals surface area contributed by atoms with E-state index in [-0.39, 0.29) is 46.5 Å². The van der Waals surface area contributed by atoms with Crippen LogP contribution in [-0.2, 0) is 10.8 Å². The van der Waals surface area contributed by atoms with E-state index in [1.807, 2.05) is 100 Å². The standard InChI is InChI=1S/C54H54N2O6/c1-11-13-29(3)55-49(57)37-25-23-35-46-42(62-34-21-17-32(18-22-34)54(8,9)10)28-40-44-38(50(58)56(52(40)60)30(4)14-12-2)26-24-36(48(44)46)45-41(27-39(51(55)59)43(37)47(35)45)61-33-19-15-31(16-20-33)53(5,6)7/h15-30H,11-14H2,1-10H3. The molecule has 0 bridgehead atoms. The van der Waals surface area contributed by atoms with Gasteiger partial charge in [-0.3, -0.25) is 29.0 Å². The molecule has 62 heavy (non-hydrogen) atoms. The average Bonchev–Trinajstić information content (AvgIpc) is 3.22. The van der Waals surface area contributed by atoms with Crippen molar-refractivity contribution < 1.29 is 28.7 Å². The van der Waals surface area contributed by atoms with E-state index in [1.165, 1.54) is 9.80 Å². The lowest BCUT2D eigenvalue weighted by atomic mass is 9.81. The Morgan fingerprint density at radius 3 is 1.11 bits per heavy atom. The molecule has 2 aliphatic heterocycles. The zero-order chi connectivity index (χ0) is 44.2. The lowest BCUT2D eigenvalue weighted by molar-refractivity contribution is 0.0528. The van der Waals surface area contributed by atoms with Crippen LogP contribution in [0, 0.1) is 0 Å². The van der Waals surface area contributed by atoms with Crippen LogP contribution < -0.4 is 9.47 Å². The van der Waals surface area contributed by atoms with Crippen LogP contribution in [0.2, 0.25) is 0 Å². The third-order valence-electron chi connectivity index (χ3n) is 13.0. The molecule has 4 amide bonds. The summed E-state index contributed by atoms with van der Waals surface area (Å²) in [5.74, 6) is 0.602. The first-order valence-electron chi connectivity index (χ1n) is 22.0. The fourth-order valence-corrected chi connectivity index (χ4v) is 9.79. The topological polar surface area (TPSA) is 93.2 Å². The molecular weight excluding hydrogens is 773 g/mol. The minimum absolute atomic E-state index is 0.0759. The minimum Gasteiger partial charge on any atom is -0.457 e. The Kier molecular flexibility index (Phi) is 9.73. The van der Waals surface area contributed by atoms with Gasteiger partial charge in [0, 0.05) is 55.5 Å². The van der Waals surface area contributed by atoms with Crippen molar-refractivity contribution in [2.24, 2.45) is 0 Å². The highest BCUT2D eigenvalue weighted by Crippen LogP contribution is 2.53. The van der Waals surface area contributed by atoms with Gasteiger partial charge in [-0.05, 0) is 108 Å². The minimum atomic E-state index is -0.371. The SMILES string of the molecule is CCCC(C)N1C(=O)c2ccc3c4c(Oc5ccc(C(C)(C)C)cc5)cc5c6c(ccc(c7c(Oc8ccc(C(C)(C)C)cc8)cc(c2c37)C1=O)c64)C(=O)N(C(C)CCC)C5=O. The van der Waals surface area contributed by atoms with Crippen LogP contribution in [0.5, 0.6) is 23.0 Å². The number of ether oxygens (including phenoxy) is 2. The average molecular weight is 827 g/mol. The summed E-state index contributed by atoms with van der Waals surface area (Å²) in [5, 5.41) is 5.24. The predicted molar refractivity (Wildman–Crippen MR) is 248 cm³/mol. The van der Waals surface area contributed by atoms with Crippen molar-refractivity contribution in [1.82, 2.24) is 9.80 Å². The Morgan fingerprint density at radius 1 is 0.452 bits per heavy atom. The van der Waals surface area contributed by atoms with E-state index in [2.05, 4.69) is 41.5 Å². The third kappa shape index (κ3) is 6.32. The smallest absolute Gasteiger partial charge is 0.261 e. The molecule has 0 fully saturated rings. The van der Waals surface area contributed by atoms with Crippen LogP contribution >= 0.6 is 0 Å². The molecular formula is C54H54N2O6. The van der Waals surface area contributed by atoms with Gasteiger partial charge in [-0.25, -0.2) is 0 Å². The molecule has 0 saturated carbocycles. The largest absolute Gasteiger partial charge is 0.457 e. The number of benzene rings is 7. The molecule has 2 atom stereocenters. The first-order valence-corrected chi connectivity index (χ1v) is 22.0. The Hall–Kier alpha value is -6.28. The zero-order valence-corrected chi connectivity index (χ0v) is 37.4. The van der Waals surface area contributed by atoms with Gasteiger partial charge in [0.2, 0.25) is 0 Å². The van der Waals surface area contributed by atoms with E-state index >= 15 is 0 Å². The molecule has 8 heteroatoms. The van der Waals surface area contributed by atoms with Gasteiger partial charge in [-0.15, -0.1) is 0 Å². The molecule has 0 N–H and O–H groups in total. The molecule has 2 heterocycles. The fourth-order valence-electron chi connectivity index (χ4n) is 9.79. The van der Waals surface area contributed by atoms with Crippen LogP contribution in [0.15, 0.2) is 84.9 Å². The summed E-state index contributed by atoms with van der Waals surface area (Å²) in [6, 6.07) is 26.3. The van der Waals surface area contributed by atoms with Gasteiger partial charge in [0.1, 0.15) is 23.0 Å². The number of fused-ring (bicyclic) bond motifs is 2. The number of rotatable bonds is 10. The van der Waals surface area contributed by atoms with E-state index in [0.29, 0.717) is 101 Å². The summed E-state index contributed by atoms with van der Waals surface area (Å²) in [7, 11) is 0. The van der Waals surface area contributed by atoms with E-state index < -0.39 is 0 Å². The quantitative estimate of drug-likeness (QED) is 0.0774. The molecule has 9 rings (SSSR count). The second-order valence-electron chi connectivity index (χ2n) is 19.4. The fraction of sp³-hybridized carbons (Fsp3) is 0.333. The molecule has 0 aliphatic carbocycles. The van der Waals surface area contributed by atoms with Gasteiger partial charge in [0.05, 0.1) is 11.1 Å². The predicted octanol–water partition coefficient (Wildman–Crippen LogP) is 13.5. The molecule has 8 nitrogen and oxygen atoms in total. The normalized spacial score (nSPS) is 15.5. The number of carbonyl (C=O) groups excluding carboxylic acids is 4. The van der Waals surface area contributed by atoms with Crippen molar-refractivity contribution >= 4 is 66.7 Å². The molecule has 316 valence electrons. The summed E-state index contributed by atoms with van der Waals surface area (Å²) in [6.45, 7) is 20.9. The molecule has 0 saturated heterocycles. The van der Waals surface area contributed by atoms with Crippen molar-refractivity contribution in [1.29, 1.82) is 0 Å². The highest BCUT2D eigenvalue weighted by Gasteiger charge is 2.41. The number of imide groups is 2. The van der Waals surface area contributed by atoms with Crippen molar-refractivity contribution in [3.63, 3.8) is 0 Å². The monoisotopic (exact) mass is 826 g/mol. The lowest BCUT2D eigenvalue weighted by Gasteiger charge is -2.34. The van der Waals surface area contributed by atoms with Gasteiger partial charge in [0.25, 0.3) is 23.6 Å². The van der Waals surface area contributed by atoms with Gasteiger partial charge in [0.15, 0.2) is 0 Å². The molecule has 2 aliphatic rings. The molecule has 0 aromatic heterocycles. The number of carbonyl (C=O) groups is 4. The maximum absolute atomic E-state index is 14.7. The second-order valence-corrected chi connectivity index (χ2v) is 19.4. The van der Waals surface area contributed by atoms with Gasteiger partial charge < -0.3 is 9.47 Å². The summed E-state index contributed by atoms with van der Waals surface area (Å²) in [4.78, 5) is 61.3. The Morgan fingerprint density at radius 2 is 0.790 bits per heavy atom. The van der Waals surface area contributed by atoms with E-state index in [9.17, 15) is 19.2 Å². The van der Waals surface area contributed by atoms with Crippen molar-refractivity contribution in [2.75, 3.05) is 0 Å². The summed E-state index contributed by atoms with van der Waals surface area (Å²) in [6.07, 6.45) is 2.95. The maximum Gasteiger partial charge on any atom is 0.261 e. The third-order valence-corrected chi connectivity index (χ3v) is 13.0. The van der Waals surface area contributed by atoms with Crippen LogP contribution in [0.25, 0.3) is 43.1 Å². The van der Waals surface area contributed by atoms with Gasteiger partial charge >= 0.3 is 0 Å². The Labute approximate surface area is 363 Å². The van der Waals surface area contributed by atoms with Gasteiger partial charge in [-0.2, -0.15) is 0 Å². The van der Waals surface area contributed by atoms with E-state index in [4.69, 9.17) is 9.47 Å². The first kappa shape index (κ1) is 41.1. The van der Waals surface area contributed by atoms with Crippen molar-refractivity contribution in [3.05, 3.63) is 118 Å². The number of amides is 4. The summed E-state index contributed by atoms with van der Waals surface area (Å²) < 4.78 is 13.8. The second kappa shape index (κ2) is 14.7. The van der Waals surface area contributed by atoms with Crippen LogP contribution in [-0.4, -0.2) is 45.5 Å². The maximum atomic E-state index is 14.7. The van der Waals surface area contributed by atoms with Crippen LogP contribution in [0.3, 0.4) is 0 Å². The van der Waals surface area contributed by atoms with Crippen LogP contribution in [0.4, 0.5) is 0 Å². The highest BCUT2D eigenvalue weighted by atomic mass is 16.5. The van der Waals surface area contributed by atoms with Crippen molar-refractivity contribution in [2.45, 2.75) is 118 Å². The zero-order valence-electron chi connectivity index (χ0n) is 37.4.